The summed E-state index contributed by atoms with van der Waals surface area (Å²) in [6.45, 7) is 11.4. The van der Waals surface area contributed by atoms with Crippen molar-refractivity contribution in [3.05, 3.63) is 0 Å². The summed E-state index contributed by atoms with van der Waals surface area (Å²) in [5.41, 5.74) is -2.35. The maximum absolute atomic E-state index is 12.1. The van der Waals surface area contributed by atoms with Crippen molar-refractivity contribution in [1.29, 1.82) is 0 Å². The second kappa shape index (κ2) is 6.95. The van der Waals surface area contributed by atoms with E-state index in [2.05, 4.69) is 5.32 Å². The van der Waals surface area contributed by atoms with E-state index in [-0.39, 0.29) is 13.1 Å². The summed E-state index contributed by atoms with van der Waals surface area (Å²) >= 11 is 0. The maximum Gasteiger partial charge on any atom is 0.410 e. The molecule has 0 aromatic heterocycles. The Morgan fingerprint density at radius 1 is 1.13 bits per heavy atom. The summed E-state index contributed by atoms with van der Waals surface area (Å²) in [5.74, 6) is 0. The molecule has 1 aliphatic rings. The molecule has 0 radical (unpaired) electrons. The molecule has 7 heteroatoms. The third kappa shape index (κ3) is 7.54. The molecule has 2 N–H and O–H groups in total. The number of rotatable bonds is 2. The van der Waals surface area contributed by atoms with E-state index in [9.17, 15) is 14.7 Å². The molecular formula is C16H30N2O5. The molecular weight excluding hydrogens is 300 g/mol. The lowest BCUT2D eigenvalue weighted by Gasteiger charge is -2.39. The smallest absolute Gasteiger partial charge is 0.410 e. The van der Waals surface area contributed by atoms with Gasteiger partial charge < -0.3 is 24.8 Å². The summed E-state index contributed by atoms with van der Waals surface area (Å²) in [7, 11) is 0. The Balaban J connectivity index is 2.55. The minimum absolute atomic E-state index is 0.0290. The van der Waals surface area contributed by atoms with Gasteiger partial charge >= 0.3 is 12.2 Å². The first-order valence-electron chi connectivity index (χ1n) is 7.97. The van der Waals surface area contributed by atoms with Crippen LogP contribution in [0.1, 0.15) is 54.4 Å². The zero-order valence-corrected chi connectivity index (χ0v) is 15.1. The SMILES string of the molecule is CC(C)(C)OC(=O)NCC1(O)CCCN(C(=O)OC(C)(C)C)C1. The van der Waals surface area contributed by atoms with Gasteiger partial charge in [-0.3, -0.25) is 0 Å². The van der Waals surface area contributed by atoms with Crippen molar-refractivity contribution in [3.8, 4) is 0 Å². The molecule has 0 aromatic carbocycles. The highest BCUT2D eigenvalue weighted by atomic mass is 16.6. The summed E-state index contributed by atoms with van der Waals surface area (Å²) in [6, 6.07) is 0. The topological polar surface area (TPSA) is 88.1 Å². The third-order valence-electron chi connectivity index (χ3n) is 3.17. The van der Waals surface area contributed by atoms with Gasteiger partial charge in [-0.1, -0.05) is 0 Å². The molecule has 0 saturated carbocycles. The van der Waals surface area contributed by atoms with Gasteiger partial charge in [0.15, 0.2) is 0 Å². The van der Waals surface area contributed by atoms with Gasteiger partial charge in [-0.05, 0) is 54.4 Å². The van der Waals surface area contributed by atoms with E-state index < -0.39 is 29.0 Å². The standard InChI is InChI=1S/C16H30N2O5/c1-14(2,3)22-12(19)17-10-16(21)8-7-9-18(11-16)13(20)23-15(4,5)6/h21H,7-11H2,1-6H3,(H,17,19). The van der Waals surface area contributed by atoms with Gasteiger partial charge in [0.1, 0.15) is 11.2 Å². The minimum atomic E-state index is -1.17. The molecule has 0 spiro atoms. The number of hydrogen-bond acceptors (Lipinski definition) is 5. The van der Waals surface area contributed by atoms with Crippen molar-refractivity contribution < 1.29 is 24.2 Å². The van der Waals surface area contributed by atoms with Crippen molar-refractivity contribution in [1.82, 2.24) is 10.2 Å². The van der Waals surface area contributed by atoms with E-state index in [0.717, 1.165) is 0 Å². The molecule has 1 atom stereocenters. The van der Waals surface area contributed by atoms with Crippen LogP contribution >= 0.6 is 0 Å². The number of hydrogen-bond donors (Lipinski definition) is 2. The molecule has 23 heavy (non-hydrogen) atoms. The first-order chi connectivity index (χ1) is 10.3. The Hall–Kier alpha value is -1.50. The van der Waals surface area contributed by atoms with Gasteiger partial charge in [0.05, 0.1) is 18.7 Å². The Morgan fingerprint density at radius 3 is 2.22 bits per heavy atom. The van der Waals surface area contributed by atoms with Gasteiger partial charge in [0, 0.05) is 6.54 Å². The molecule has 1 saturated heterocycles. The summed E-state index contributed by atoms with van der Waals surface area (Å²) in [4.78, 5) is 25.3. The van der Waals surface area contributed by atoms with E-state index >= 15 is 0 Å². The van der Waals surface area contributed by atoms with E-state index in [4.69, 9.17) is 9.47 Å². The lowest BCUT2D eigenvalue weighted by atomic mass is 9.93. The molecule has 1 aliphatic heterocycles. The Bertz CT molecular complexity index is 439. The number of carbonyl (C=O) groups excluding carboxylic acids is 2. The Morgan fingerprint density at radius 2 is 1.70 bits per heavy atom. The fourth-order valence-corrected chi connectivity index (χ4v) is 2.29. The lowest BCUT2D eigenvalue weighted by molar-refractivity contribution is -0.0426. The third-order valence-corrected chi connectivity index (χ3v) is 3.17. The largest absolute Gasteiger partial charge is 0.444 e. The van der Waals surface area contributed by atoms with Gasteiger partial charge in [-0.2, -0.15) is 0 Å². The van der Waals surface area contributed by atoms with Crippen molar-refractivity contribution in [2.75, 3.05) is 19.6 Å². The second-order valence-corrected chi connectivity index (χ2v) is 8.09. The quantitative estimate of drug-likeness (QED) is 0.811. The molecule has 1 unspecified atom stereocenters. The fraction of sp³-hybridized carbons (Fsp3) is 0.875. The average Bonchev–Trinajstić information content (AvgIpc) is 2.32. The van der Waals surface area contributed by atoms with Crippen LogP contribution in [0.25, 0.3) is 0 Å². The van der Waals surface area contributed by atoms with Crippen molar-refractivity contribution in [2.45, 2.75) is 71.2 Å². The molecule has 7 nitrogen and oxygen atoms in total. The van der Waals surface area contributed by atoms with E-state index in [1.807, 2.05) is 0 Å². The highest BCUT2D eigenvalue weighted by molar-refractivity contribution is 5.69. The number of carbonyl (C=O) groups is 2. The highest BCUT2D eigenvalue weighted by Crippen LogP contribution is 2.22. The van der Waals surface area contributed by atoms with E-state index in [1.54, 1.807) is 41.5 Å². The molecule has 2 amide bonds. The summed E-state index contributed by atoms with van der Waals surface area (Å²) < 4.78 is 10.5. The highest BCUT2D eigenvalue weighted by Gasteiger charge is 2.37. The number of alkyl carbamates (subject to hydrolysis) is 1. The fourth-order valence-electron chi connectivity index (χ4n) is 2.29. The van der Waals surface area contributed by atoms with E-state index in [0.29, 0.717) is 19.4 Å². The first kappa shape index (κ1) is 19.5. The Kier molecular flexibility index (Phi) is 5.90. The van der Waals surface area contributed by atoms with Crippen LogP contribution in [-0.4, -0.2) is 58.6 Å². The van der Waals surface area contributed by atoms with E-state index in [1.165, 1.54) is 4.90 Å². The predicted octanol–water partition coefficient (Wildman–Crippen LogP) is 2.27. The Labute approximate surface area is 138 Å². The number of nitrogens with one attached hydrogen (secondary N) is 1. The number of likely N-dealkylation sites (tertiary alicyclic amines) is 1. The van der Waals surface area contributed by atoms with Crippen LogP contribution in [0.15, 0.2) is 0 Å². The molecule has 0 aliphatic carbocycles. The average molecular weight is 330 g/mol. The second-order valence-electron chi connectivity index (χ2n) is 8.09. The zero-order chi connectivity index (χ0) is 17.9. The predicted molar refractivity (Wildman–Crippen MR) is 86.2 cm³/mol. The molecule has 134 valence electrons. The number of amides is 2. The summed E-state index contributed by atoms with van der Waals surface area (Å²) in [5, 5.41) is 13.2. The van der Waals surface area contributed by atoms with Gasteiger partial charge in [0.25, 0.3) is 0 Å². The van der Waals surface area contributed by atoms with Crippen LogP contribution in [0.5, 0.6) is 0 Å². The molecule has 1 fully saturated rings. The molecule has 1 heterocycles. The number of β-amino-alcohol motifs (C(OH)–C–C–N with tert-alkyl or cyclic N) is 1. The van der Waals surface area contributed by atoms with Crippen LogP contribution in [0, 0.1) is 0 Å². The lowest BCUT2D eigenvalue weighted by Crippen LogP contribution is -2.56. The van der Waals surface area contributed by atoms with Crippen LogP contribution in [0.3, 0.4) is 0 Å². The van der Waals surface area contributed by atoms with Crippen molar-refractivity contribution in [2.24, 2.45) is 0 Å². The van der Waals surface area contributed by atoms with Crippen LogP contribution in [0.4, 0.5) is 9.59 Å². The summed E-state index contributed by atoms with van der Waals surface area (Å²) in [6.07, 6.45) is 0.113. The molecule has 0 bridgehead atoms. The number of ether oxygens (including phenoxy) is 2. The molecule has 1 rings (SSSR count). The number of piperidine rings is 1. The zero-order valence-electron chi connectivity index (χ0n) is 15.1. The maximum atomic E-state index is 12.1. The minimum Gasteiger partial charge on any atom is -0.444 e. The van der Waals surface area contributed by atoms with Gasteiger partial charge in [0.2, 0.25) is 0 Å². The van der Waals surface area contributed by atoms with Crippen LogP contribution in [-0.2, 0) is 9.47 Å². The first-order valence-corrected chi connectivity index (χ1v) is 7.97. The van der Waals surface area contributed by atoms with Crippen molar-refractivity contribution >= 4 is 12.2 Å². The normalized spacial score (nSPS) is 22.5. The number of aliphatic hydroxyl groups is 1. The van der Waals surface area contributed by atoms with Crippen molar-refractivity contribution in [3.63, 3.8) is 0 Å². The van der Waals surface area contributed by atoms with Gasteiger partial charge in [-0.15, -0.1) is 0 Å². The van der Waals surface area contributed by atoms with Gasteiger partial charge in [-0.25, -0.2) is 9.59 Å². The number of nitrogens with zero attached hydrogens (tertiary/aromatic N) is 1. The monoisotopic (exact) mass is 330 g/mol. The van der Waals surface area contributed by atoms with Crippen LogP contribution < -0.4 is 5.32 Å². The van der Waals surface area contributed by atoms with Crippen LogP contribution in [0.2, 0.25) is 0 Å². The molecule has 0 aromatic rings.